The fraction of sp³-hybridized carbons (Fsp3) is 0. The maximum atomic E-state index is 7.02. The van der Waals surface area contributed by atoms with Crippen molar-refractivity contribution in [2.45, 2.75) is 0 Å². The van der Waals surface area contributed by atoms with Crippen LogP contribution in [0.5, 0.6) is 11.5 Å². The van der Waals surface area contributed by atoms with Gasteiger partial charge in [-0.25, -0.2) is 4.98 Å². The average Bonchev–Trinajstić information content (AvgIpc) is 4.16. The molecule has 68 heavy (non-hydrogen) atoms. The summed E-state index contributed by atoms with van der Waals surface area (Å²) >= 11 is 0. The number of benzene rings is 9. The number of pyridine rings is 1. The second-order valence-corrected chi connectivity index (χ2v) is 16.7. The van der Waals surface area contributed by atoms with Crippen molar-refractivity contribution >= 4 is 88.4 Å². The molecule has 9 aromatic carbocycles. The molecule has 4 aromatic heterocycles. The van der Waals surface area contributed by atoms with Gasteiger partial charge in [0.1, 0.15) is 22.6 Å². The molecule has 0 aliphatic carbocycles. The third-order valence-corrected chi connectivity index (χ3v) is 12.9. The molecule has 0 saturated heterocycles. The van der Waals surface area contributed by atoms with Gasteiger partial charge in [-0.2, -0.15) is 6.07 Å². The topological polar surface area (TPSA) is 59.8 Å². The number of ether oxygens (including phenoxy) is 1. The number of anilines is 4. The Bertz CT molecular complexity index is 4010. The first-order valence-electron chi connectivity index (χ1n) is 22.3. The Morgan fingerprint density at radius 2 is 1.16 bits per heavy atom. The van der Waals surface area contributed by atoms with Crippen LogP contribution in [0.15, 0.2) is 215 Å². The smallest absolute Gasteiger partial charge is 0.144 e. The van der Waals surface area contributed by atoms with Gasteiger partial charge in [-0.1, -0.05) is 150 Å². The Balaban J connectivity index is 0.00000457. The quantitative estimate of drug-likeness (QED) is 0.148. The van der Waals surface area contributed by atoms with Gasteiger partial charge >= 0.3 is 0 Å². The van der Waals surface area contributed by atoms with Gasteiger partial charge in [-0.05, 0) is 65.0 Å². The number of para-hydroxylation sites is 5. The summed E-state index contributed by atoms with van der Waals surface area (Å²) in [5.41, 5.74) is 13.0. The Morgan fingerprint density at radius 1 is 0.500 bits per heavy atom. The molecule has 0 saturated carbocycles. The molecule has 0 N–H and O–H groups in total. The minimum Gasteiger partial charge on any atom is -0.512 e. The normalized spacial score (nSPS) is 12.5. The summed E-state index contributed by atoms with van der Waals surface area (Å²) < 4.78 is 22.6. The number of nitrogens with zero attached hydrogens (tertiary/aromatic N) is 4. The molecule has 0 bridgehead atoms. The third-order valence-electron chi connectivity index (χ3n) is 12.9. The summed E-state index contributed by atoms with van der Waals surface area (Å²) in [5, 5.41) is 5.91. The third kappa shape index (κ3) is 6.20. The monoisotopic (exact) mass is 1050 g/mol. The number of furan rings is 2. The molecule has 13 aromatic rings. The molecule has 1 aliphatic heterocycles. The van der Waals surface area contributed by atoms with Gasteiger partial charge in [0, 0.05) is 82.9 Å². The van der Waals surface area contributed by atoms with Crippen LogP contribution in [0.3, 0.4) is 0 Å². The van der Waals surface area contributed by atoms with Gasteiger partial charge in [0.05, 0.1) is 11.3 Å². The van der Waals surface area contributed by atoms with E-state index in [0.717, 1.165) is 105 Å². The molecular formula is C60H35N4O3Pt-3. The van der Waals surface area contributed by atoms with Crippen LogP contribution in [-0.4, -0.2) is 9.55 Å². The van der Waals surface area contributed by atoms with Crippen LogP contribution in [0.25, 0.3) is 93.8 Å². The summed E-state index contributed by atoms with van der Waals surface area (Å²) in [6.07, 6.45) is 1.81. The second-order valence-electron chi connectivity index (χ2n) is 16.7. The van der Waals surface area contributed by atoms with Crippen molar-refractivity contribution in [2.75, 3.05) is 9.80 Å². The molecule has 7 nitrogen and oxygen atoms in total. The molecule has 0 atom stereocenters. The first-order valence-corrected chi connectivity index (χ1v) is 22.3. The maximum Gasteiger partial charge on any atom is 0.144 e. The first kappa shape index (κ1) is 39.9. The molecule has 326 valence electrons. The Hall–Kier alpha value is -8.38. The van der Waals surface area contributed by atoms with Crippen LogP contribution >= 0.6 is 0 Å². The Morgan fingerprint density at radius 3 is 1.93 bits per heavy atom. The van der Waals surface area contributed by atoms with Crippen LogP contribution in [0.4, 0.5) is 22.7 Å². The van der Waals surface area contributed by atoms with Crippen molar-refractivity contribution in [3.8, 4) is 39.6 Å². The average molecular weight is 1060 g/mol. The van der Waals surface area contributed by atoms with Crippen LogP contribution in [0.1, 0.15) is 0 Å². The summed E-state index contributed by atoms with van der Waals surface area (Å²) in [5.74, 6) is 1.72. The molecular weight excluding hydrogens is 1020 g/mol. The van der Waals surface area contributed by atoms with Gasteiger partial charge < -0.3 is 27.9 Å². The SMILES string of the molecule is [Pt].[c-]1c(N2[CH-]N(c3c(-c4ccccc4)cccc3-c3ccccc3)c3ccccc32)cc2c(oc3ccc4c5ccccc5oc4c32)c1Oc1[c-]c2c(cc1)c1ccccc1n2-c1ccccn1. The fourth-order valence-electron chi connectivity index (χ4n) is 10.00. The van der Waals surface area contributed by atoms with Gasteiger partial charge in [-0.15, -0.1) is 36.3 Å². The van der Waals surface area contributed by atoms with Crippen molar-refractivity contribution in [3.05, 3.63) is 225 Å². The number of hydrogen-bond donors (Lipinski definition) is 0. The summed E-state index contributed by atoms with van der Waals surface area (Å²) in [7, 11) is 0. The van der Waals surface area contributed by atoms with Crippen molar-refractivity contribution in [3.63, 3.8) is 0 Å². The van der Waals surface area contributed by atoms with Crippen molar-refractivity contribution < 1.29 is 34.6 Å². The van der Waals surface area contributed by atoms with Crippen molar-refractivity contribution in [2.24, 2.45) is 0 Å². The molecule has 1 aliphatic rings. The molecule has 0 unspecified atom stereocenters. The van der Waals surface area contributed by atoms with Crippen molar-refractivity contribution in [1.29, 1.82) is 0 Å². The second kappa shape index (κ2) is 15.9. The van der Waals surface area contributed by atoms with E-state index in [-0.39, 0.29) is 21.1 Å². The number of aromatic nitrogens is 2. The molecule has 14 rings (SSSR count). The number of hydrogen-bond acceptors (Lipinski definition) is 6. The van der Waals surface area contributed by atoms with Crippen LogP contribution in [0.2, 0.25) is 0 Å². The van der Waals surface area contributed by atoms with Gasteiger partial charge in [0.25, 0.3) is 0 Å². The standard InChI is InChI=1S/C60H35N4O3.Pt/c1-3-16-38(17-4-1)42-22-15-23-43(39-18-5-2-6-19-39)58(42)63-37-62(50-25-10-11-26-51(50)63)40-34-48-57-54(32-31-47-46-21-8-12-27-53(46)66-60(47)57)67-59(48)55(35-40)65-41-29-30-45-44-20-7-9-24-49(44)64(52(45)36-41)56-28-13-14-33-61-56;/h1-34,37H;/q-3;. The van der Waals surface area contributed by atoms with E-state index in [9.17, 15) is 0 Å². The molecule has 5 heterocycles. The molecule has 8 heteroatoms. The predicted octanol–water partition coefficient (Wildman–Crippen LogP) is 16.1. The summed E-state index contributed by atoms with van der Waals surface area (Å²) in [4.78, 5) is 9.25. The molecule has 0 fully saturated rings. The van der Waals surface area contributed by atoms with E-state index in [1.807, 2.05) is 60.8 Å². The van der Waals surface area contributed by atoms with Crippen LogP contribution in [0, 0.1) is 18.8 Å². The largest absolute Gasteiger partial charge is 0.512 e. The van der Waals surface area contributed by atoms with E-state index in [0.29, 0.717) is 22.7 Å². The summed E-state index contributed by atoms with van der Waals surface area (Å²) in [6, 6.07) is 76.3. The Kier molecular flexibility index (Phi) is 9.34. The zero-order chi connectivity index (χ0) is 44.0. The zero-order valence-electron chi connectivity index (χ0n) is 36.0. The maximum absolute atomic E-state index is 7.02. The predicted molar refractivity (Wildman–Crippen MR) is 270 cm³/mol. The molecule has 0 spiro atoms. The minimum atomic E-state index is 0. The van der Waals surface area contributed by atoms with Crippen molar-refractivity contribution in [1.82, 2.24) is 9.55 Å². The van der Waals surface area contributed by atoms with E-state index in [1.54, 1.807) is 0 Å². The molecule has 0 radical (unpaired) electrons. The van der Waals surface area contributed by atoms with Gasteiger partial charge in [0.15, 0.2) is 0 Å². The van der Waals surface area contributed by atoms with E-state index >= 15 is 0 Å². The minimum absolute atomic E-state index is 0. The van der Waals surface area contributed by atoms with Crippen LogP contribution < -0.4 is 14.5 Å². The number of rotatable bonds is 7. The van der Waals surface area contributed by atoms with E-state index < -0.39 is 0 Å². The zero-order valence-corrected chi connectivity index (χ0v) is 38.3. The van der Waals surface area contributed by atoms with E-state index in [1.165, 1.54) is 0 Å². The summed E-state index contributed by atoms with van der Waals surface area (Å²) in [6.45, 7) is 2.17. The Labute approximate surface area is 404 Å². The molecule has 0 amide bonds. The number of fused-ring (bicyclic) bond motifs is 11. The fourth-order valence-corrected chi connectivity index (χ4v) is 10.00. The van der Waals surface area contributed by atoms with Gasteiger partial charge in [0.2, 0.25) is 0 Å². The first-order chi connectivity index (χ1) is 33.2. The van der Waals surface area contributed by atoms with E-state index in [4.69, 9.17) is 18.6 Å². The van der Waals surface area contributed by atoms with Gasteiger partial charge in [-0.3, -0.25) is 0 Å². The van der Waals surface area contributed by atoms with E-state index in [2.05, 4.69) is 179 Å². The van der Waals surface area contributed by atoms with Crippen LogP contribution in [-0.2, 0) is 21.1 Å².